The van der Waals surface area contributed by atoms with Crippen molar-refractivity contribution in [3.05, 3.63) is 53.6 Å². The van der Waals surface area contributed by atoms with Crippen LogP contribution in [0.4, 0.5) is 24.5 Å². The van der Waals surface area contributed by atoms with Gasteiger partial charge in [0.25, 0.3) is 5.91 Å². The number of carbonyl (C=O) groups is 1. The van der Waals surface area contributed by atoms with Gasteiger partial charge in [-0.05, 0) is 6.07 Å². The Hall–Kier alpha value is -2.61. The zero-order valence-corrected chi connectivity index (χ0v) is 9.95. The van der Waals surface area contributed by atoms with Crippen LogP contribution in [-0.4, -0.2) is 10.9 Å². The van der Waals surface area contributed by atoms with Crippen LogP contribution in [0.2, 0.25) is 0 Å². The molecule has 4 N–H and O–H groups in total. The van der Waals surface area contributed by atoms with Gasteiger partial charge in [0.1, 0.15) is 11.5 Å². The fourth-order valence-electron chi connectivity index (χ4n) is 1.55. The summed E-state index contributed by atoms with van der Waals surface area (Å²) in [7, 11) is 0. The second kappa shape index (κ2) is 5.57. The zero-order chi connectivity index (χ0) is 14.7. The topological polar surface area (TPSA) is 80.0 Å². The predicted molar refractivity (Wildman–Crippen MR) is 66.3 cm³/mol. The minimum absolute atomic E-state index is 0.0330. The molecular formula is C12H9F3N4O. The maximum absolute atomic E-state index is 13.4. The Morgan fingerprint density at radius 1 is 1.20 bits per heavy atom. The van der Waals surface area contributed by atoms with Crippen LogP contribution >= 0.6 is 0 Å². The number of rotatable bonds is 3. The molecule has 0 saturated heterocycles. The minimum atomic E-state index is -1.22. The van der Waals surface area contributed by atoms with Crippen molar-refractivity contribution in [3.63, 3.8) is 0 Å². The van der Waals surface area contributed by atoms with Gasteiger partial charge in [0.15, 0.2) is 11.6 Å². The first-order valence-electron chi connectivity index (χ1n) is 5.39. The second-order valence-electron chi connectivity index (χ2n) is 3.76. The van der Waals surface area contributed by atoms with Gasteiger partial charge in [-0.25, -0.2) is 13.2 Å². The Morgan fingerprint density at radius 2 is 1.85 bits per heavy atom. The third kappa shape index (κ3) is 2.69. The normalized spacial score (nSPS) is 10.2. The van der Waals surface area contributed by atoms with Crippen LogP contribution in [0.25, 0.3) is 0 Å². The molecule has 0 atom stereocenters. The first-order chi connectivity index (χ1) is 9.52. The van der Waals surface area contributed by atoms with Crippen molar-refractivity contribution >= 4 is 17.3 Å². The van der Waals surface area contributed by atoms with Crippen LogP contribution in [0.1, 0.15) is 10.4 Å². The van der Waals surface area contributed by atoms with Gasteiger partial charge in [-0.1, -0.05) is 0 Å². The summed E-state index contributed by atoms with van der Waals surface area (Å²) in [4.78, 5) is 15.7. The molecule has 2 rings (SSSR count). The number of pyridine rings is 1. The lowest BCUT2D eigenvalue weighted by atomic mass is 10.2. The molecule has 1 amide bonds. The van der Waals surface area contributed by atoms with Crippen molar-refractivity contribution < 1.29 is 18.0 Å². The van der Waals surface area contributed by atoms with Crippen molar-refractivity contribution in [2.75, 3.05) is 10.7 Å². The van der Waals surface area contributed by atoms with E-state index in [2.05, 4.69) is 10.4 Å². The van der Waals surface area contributed by atoms with Crippen molar-refractivity contribution in [1.82, 2.24) is 4.98 Å². The summed E-state index contributed by atoms with van der Waals surface area (Å²) in [6, 6.07) is 2.24. The summed E-state index contributed by atoms with van der Waals surface area (Å²) in [6.07, 6.45) is 2.58. The molecule has 0 spiro atoms. The molecule has 0 radical (unpaired) electrons. The lowest BCUT2D eigenvalue weighted by Crippen LogP contribution is -2.18. The highest BCUT2D eigenvalue weighted by molar-refractivity contribution is 6.07. The number of hydrogen-bond acceptors (Lipinski definition) is 4. The van der Waals surface area contributed by atoms with E-state index in [0.29, 0.717) is 12.1 Å². The Morgan fingerprint density at radius 3 is 2.45 bits per heavy atom. The summed E-state index contributed by atoms with van der Waals surface area (Å²) in [5, 5.41) is 2.02. The third-order valence-electron chi connectivity index (χ3n) is 2.47. The van der Waals surface area contributed by atoms with E-state index < -0.39 is 29.0 Å². The number of amides is 1. The molecule has 0 aliphatic heterocycles. The monoisotopic (exact) mass is 282 g/mol. The quantitative estimate of drug-likeness (QED) is 0.594. The highest BCUT2D eigenvalue weighted by Crippen LogP contribution is 2.22. The first kappa shape index (κ1) is 13.8. The predicted octanol–water partition coefficient (Wildman–Crippen LogP) is 2.04. The number of hydrazine groups is 1. The fraction of sp³-hybridized carbons (Fsp3) is 0. The molecule has 5 nitrogen and oxygen atoms in total. The number of nitrogen functional groups attached to an aromatic ring is 1. The number of anilines is 2. The standard InChI is InChI=1S/C12H9F3N4O/c13-6-3-8(14)11(9(15)4-6)18-12(20)7-1-2-17-5-10(7)19-16/h1-5,19H,16H2,(H,18,20). The Balaban J connectivity index is 2.33. The zero-order valence-electron chi connectivity index (χ0n) is 9.95. The summed E-state index contributed by atoms with van der Waals surface area (Å²) in [5.41, 5.74) is 1.70. The maximum atomic E-state index is 13.4. The number of halogens is 3. The van der Waals surface area contributed by atoms with Crippen molar-refractivity contribution in [1.29, 1.82) is 0 Å². The van der Waals surface area contributed by atoms with Crippen molar-refractivity contribution in [3.8, 4) is 0 Å². The van der Waals surface area contributed by atoms with Gasteiger partial charge in [-0.2, -0.15) is 0 Å². The van der Waals surface area contributed by atoms with E-state index in [1.807, 2.05) is 5.32 Å². The molecule has 0 aliphatic rings. The van der Waals surface area contributed by atoms with Gasteiger partial charge in [0, 0.05) is 18.3 Å². The van der Waals surface area contributed by atoms with E-state index in [9.17, 15) is 18.0 Å². The molecule has 0 fully saturated rings. The molecule has 0 bridgehead atoms. The molecule has 2 aromatic rings. The van der Waals surface area contributed by atoms with Crippen LogP contribution in [0.15, 0.2) is 30.6 Å². The molecule has 1 heterocycles. The molecule has 1 aromatic heterocycles. The van der Waals surface area contributed by atoms with Crippen LogP contribution in [0, 0.1) is 17.5 Å². The molecule has 0 aliphatic carbocycles. The number of nitrogens with two attached hydrogens (primary N) is 1. The number of benzene rings is 1. The van der Waals surface area contributed by atoms with Gasteiger partial charge < -0.3 is 10.7 Å². The second-order valence-corrected chi connectivity index (χ2v) is 3.76. The Labute approximate surface area is 111 Å². The van der Waals surface area contributed by atoms with E-state index in [0.717, 1.165) is 0 Å². The summed E-state index contributed by atoms with van der Waals surface area (Å²) in [5.74, 6) is 0.870. The molecular weight excluding hydrogens is 273 g/mol. The van der Waals surface area contributed by atoms with E-state index >= 15 is 0 Å². The summed E-state index contributed by atoms with van der Waals surface area (Å²) < 4.78 is 39.6. The smallest absolute Gasteiger partial charge is 0.258 e. The highest BCUT2D eigenvalue weighted by atomic mass is 19.1. The fourth-order valence-corrected chi connectivity index (χ4v) is 1.55. The largest absolute Gasteiger partial charge is 0.322 e. The van der Waals surface area contributed by atoms with E-state index in [1.54, 1.807) is 0 Å². The van der Waals surface area contributed by atoms with Gasteiger partial charge in [-0.3, -0.25) is 15.6 Å². The number of nitrogens with one attached hydrogen (secondary N) is 2. The Bertz CT molecular complexity index is 640. The first-order valence-corrected chi connectivity index (χ1v) is 5.39. The Kier molecular flexibility index (Phi) is 3.85. The third-order valence-corrected chi connectivity index (χ3v) is 2.47. The summed E-state index contributed by atoms with van der Waals surface area (Å²) in [6.45, 7) is 0. The van der Waals surface area contributed by atoms with E-state index in [4.69, 9.17) is 5.84 Å². The van der Waals surface area contributed by atoms with Gasteiger partial charge in [0.2, 0.25) is 0 Å². The number of nitrogens with zero attached hydrogens (tertiary/aromatic N) is 1. The number of hydrogen-bond donors (Lipinski definition) is 3. The van der Waals surface area contributed by atoms with Crippen LogP contribution in [0.5, 0.6) is 0 Å². The minimum Gasteiger partial charge on any atom is -0.322 e. The summed E-state index contributed by atoms with van der Waals surface area (Å²) >= 11 is 0. The molecule has 1 aromatic carbocycles. The van der Waals surface area contributed by atoms with Crippen LogP contribution in [0.3, 0.4) is 0 Å². The molecule has 0 unspecified atom stereocenters. The van der Waals surface area contributed by atoms with Gasteiger partial charge >= 0.3 is 0 Å². The van der Waals surface area contributed by atoms with Gasteiger partial charge in [-0.15, -0.1) is 0 Å². The lowest BCUT2D eigenvalue weighted by Gasteiger charge is -2.10. The molecule has 104 valence electrons. The lowest BCUT2D eigenvalue weighted by molar-refractivity contribution is 0.102. The van der Waals surface area contributed by atoms with Crippen LogP contribution < -0.4 is 16.6 Å². The van der Waals surface area contributed by atoms with E-state index in [1.165, 1.54) is 18.5 Å². The molecule has 0 saturated carbocycles. The van der Waals surface area contributed by atoms with Crippen molar-refractivity contribution in [2.45, 2.75) is 0 Å². The molecule has 8 heteroatoms. The maximum Gasteiger partial charge on any atom is 0.258 e. The van der Waals surface area contributed by atoms with E-state index in [-0.39, 0.29) is 11.3 Å². The highest BCUT2D eigenvalue weighted by Gasteiger charge is 2.17. The van der Waals surface area contributed by atoms with Gasteiger partial charge in [0.05, 0.1) is 17.4 Å². The number of carbonyl (C=O) groups excluding carboxylic acids is 1. The average molecular weight is 282 g/mol. The van der Waals surface area contributed by atoms with Crippen molar-refractivity contribution in [2.24, 2.45) is 5.84 Å². The molecule has 20 heavy (non-hydrogen) atoms. The van der Waals surface area contributed by atoms with Crippen LogP contribution in [-0.2, 0) is 0 Å². The average Bonchev–Trinajstić information content (AvgIpc) is 2.42. The SMILES string of the molecule is NNc1cnccc1C(=O)Nc1c(F)cc(F)cc1F. The number of aromatic nitrogens is 1.